The lowest BCUT2D eigenvalue weighted by Gasteiger charge is -2.13. The van der Waals surface area contributed by atoms with Crippen molar-refractivity contribution in [2.24, 2.45) is 0 Å². The third-order valence-electron chi connectivity index (χ3n) is 25.1. The lowest BCUT2D eigenvalue weighted by molar-refractivity contribution is 0.669. The molecular formula is C114H66N8O3S. The maximum atomic E-state index is 6.89. The molecule has 0 saturated heterocycles. The Bertz CT molecular complexity index is 9090. The minimum absolute atomic E-state index is 0.549. The second-order valence-electron chi connectivity index (χ2n) is 32.3. The van der Waals surface area contributed by atoms with Gasteiger partial charge >= 0.3 is 0 Å². The standard InChI is InChI=1S/C59H34N4O2.C55H32N4OS/c1-2-13-36(14-3-1)57-60-58(62-59(61-57)46-22-12-21-44-43-19-8-10-23-52(43)64-55(44)46)37-27-25-35(26-28-37)42-29-30-49(54-45-20-9-11-24-53(45)65-56(42)54)63-50-33-40-17-6-4-15-38(40)31-47(50)48-32-39-16-5-7-18-41(39)34-51(48)63;1-2-13-34(14-3-1)53-56-54(58-55(57-53)43-21-12-20-41-40-18-8-11-24-49(40)61-52(41)43)35-27-25-33(26-28-35)38-29-30-46(50-42-19-7-10-23-48(42)60-51(38)50)59-45-22-9-6-17-39(45)44-31-36-15-4-5-16-37(36)32-47(44)59/h1-34H;1-32H. The Labute approximate surface area is 722 Å². The molecule has 0 radical (unpaired) electrons. The van der Waals surface area contributed by atoms with Crippen molar-refractivity contribution in [3.8, 4) is 102 Å². The number of nitrogens with zero attached hydrogens (tertiary/aromatic N) is 8. The molecule has 586 valence electrons. The van der Waals surface area contributed by atoms with Crippen LogP contribution in [0.1, 0.15) is 0 Å². The van der Waals surface area contributed by atoms with Gasteiger partial charge in [-0.15, -0.1) is 11.3 Å². The predicted molar refractivity (Wildman–Crippen MR) is 519 cm³/mol. The number of hydrogen-bond acceptors (Lipinski definition) is 10. The first-order chi connectivity index (χ1) is 62.4. The fourth-order valence-electron chi connectivity index (χ4n) is 19.1. The Balaban J connectivity index is 0.000000134. The molecule has 0 saturated carbocycles. The zero-order valence-electron chi connectivity index (χ0n) is 67.3. The van der Waals surface area contributed by atoms with Crippen LogP contribution in [0.15, 0.2) is 414 Å². The highest BCUT2D eigenvalue weighted by Gasteiger charge is 2.27. The van der Waals surface area contributed by atoms with E-state index in [0.29, 0.717) is 34.9 Å². The average molecular weight is 1630 g/mol. The number of rotatable bonds is 10. The molecule has 0 amide bonds. The van der Waals surface area contributed by atoms with Crippen molar-refractivity contribution in [2.45, 2.75) is 0 Å². The van der Waals surface area contributed by atoms with Crippen molar-refractivity contribution < 1.29 is 13.3 Å². The van der Waals surface area contributed by atoms with Gasteiger partial charge in [0.15, 0.2) is 34.9 Å². The quantitative estimate of drug-likeness (QED) is 0.131. The van der Waals surface area contributed by atoms with E-state index in [1.54, 1.807) is 11.3 Å². The molecular weight excluding hydrogens is 1560 g/mol. The molecule has 0 N–H and O–H groups in total. The maximum Gasteiger partial charge on any atom is 0.167 e. The van der Waals surface area contributed by atoms with Crippen molar-refractivity contribution in [1.82, 2.24) is 39.0 Å². The number of hydrogen-bond donors (Lipinski definition) is 0. The number of fused-ring (bicyclic) bond motifs is 21. The van der Waals surface area contributed by atoms with Crippen LogP contribution in [0.5, 0.6) is 0 Å². The predicted octanol–water partition coefficient (Wildman–Crippen LogP) is 30.8. The Morgan fingerprint density at radius 1 is 0.198 bits per heavy atom. The lowest BCUT2D eigenvalue weighted by atomic mass is 9.99. The summed E-state index contributed by atoms with van der Waals surface area (Å²) in [5.74, 6) is 3.63. The van der Waals surface area contributed by atoms with Gasteiger partial charge in [0.1, 0.15) is 33.5 Å². The molecule has 8 heterocycles. The van der Waals surface area contributed by atoms with E-state index in [1.807, 2.05) is 91.0 Å². The molecule has 0 spiro atoms. The van der Waals surface area contributed by atoms with Gasteiger partial charge in [0.05, 0.1) is 49.8 Å². The fraction of sp³-hybridized carbons (Fsp3) is 0. The molecule has 8 aromatic heterocycles. The monoisotopic (exact) mass is 1630 g/mol. The maximum absolute atomic E-state index is 6.89. The molecule has 0 bridgehead atoms. The van der Waals surface area contributed by atoms with Crippen LogP contribution in [-0.4, -0.2) is 39.0 Å². The van der Waals surface area contributed by atoms with E-state index in [9.17, 15) is 0 Å². The fourth-order valence-corrected chi connectivity index (χ4v) is 20.4. The summed E-state index contributed by atoms with van der Waals surface area (Å²) in [6.07, 6.45) is 0. The first-order valence-corrected chi connectivity index (χ1v) is 43.1. The molecule has 11 nitrogen and oxygen atoms in total. The van der Waals surface area contributed by atoms with Crippen LogP contribution in [0, 0.1) is 0 Å². The van der Waals surface area contributed by atoms with Crippen LogP contribution in [0.2, 0.25) is 0 Å². The Kier molecular flexibility index (Phi) is 16.0. The Hall–Kier alpha value is -16.8. The molecule has 19 aromatic carbocycles. The van der Waals surface area contributed by atoms with E-state index in [4.69, 9.17) is 43.2 Å². The second kappa shape index (κ2) is 28.4. The van der Waals surface area contributed by atoms with Crippen molar-refractivity contribution in [2.75, 3.05) is 0 Å². The summed E-state index contributed by atoms with van der Waals surface area (Å²) in [5.41, 5.74) is 21.3. The van der Waals surface area contributed by atoms with Gasteiger partial charge in [0, 0.05) is 102 Å². The highest BCUT2D eigenvalue weighted by Crippen LogP contribution is 2.49. The van der Waals surface area contributed by atoms with Gasteiger partial charge in [-0.3, -0.25) is 0 Å². The molecule has 27 rings (SSSR count). The van der Waals surface area contributed by atoms with Gasteiger partial charge in [-0.2, -0.15) is 0 Å². The van der Waals surface area contributed by atoms with E-state index < -0.39 is 0 Å². The molecule has 0 aliphatic heterocycles. The topological polar surface area (TPSA) is 127 Å². The van der Waals surface area contributed by atoms with Crippen LogP contribution in [0.4, 0.5) is 0 Å². The zero-order valence-corrected chi connectivity index (χ0v) is 68.1. The van der Waals surface area contributed by atoms with E-state index in [-0.39, 0.29) is 0 Å². The summed E-state index contributed by atoms with van der Waals surface area (Å²) in [4.78, 5) is 30.6. The third-order valence-corrected chi connectivity index (χ3v) is 26.3. The molecule has 0 unspecified atom stereocenters. The highest BCUT2D eigenvalue weighted by atomic mass is 32.1. The molecule has 0 aliphatic carbocycles. The van der Waals surface area contributed by atoms with Crippen LogP contribution < -0.4 is 0 Å². The van der Waals surface area contributed by atoms with Gasteiger partial charge in [-0.1, -0.05) is 297 Å². The number of benzene rings is 19. The first kappa shape index (κ1) is 71.0. The molecule has 0 atom stereocenters. The number of para-hydroxylation sites is 5. The molecule has 27 aromatic rings. The van der Waals surface area contributed by atoms with E-state index in [2.05, 4.69) is 319 Å². The van der Waals surface area contributed by atoms with E-state index in [0.717, 1.165) is 149 Å². The average Bonchev–Trinajstić information content (AvgIpc) is 1.56. The zero-order chi connectivity index (χ0) is 82.6. The van der Waals surface area contributed by atoms with Crippen molar-refractivity contribution in [3.63, 3.8) is 0 Å². The van der Waals surface area contributed by atoms with Gasteiger partial charge in [-0.05, 0) is 147 Å². The number of thiophene rings is 1. The van der Waals surface area contributed by atoms with Crippen molar-refractivity contribution >= 4 is 173 Å². The van der Waals surface area contributed by atoms with Gasteiger partial charge in [-0.25, -0.2) is 29.9 Å². The van der Waals surface area contributed by atoms with Gasteiger partial charge in [0.25, 0.3) is 0 Å². The summed E-state index contributed by atoms with van der Waals surface area (Å²) in [5, 5.41) is 21.0. The Morgan fingerprint density at radius 2 is 0.540 bits per heavy atom. The van der Waals surface area contributed by atoms with Crippen molar-refractivity contribution in [1.29, 1.82) is 0 Å². The summed E-state index contributed by atoms with van der Waals surface area (Å²) in [7, 11) is 0. The molecule has 0 fully saturated rings. The van der Waals surface area contributed by atoms with Gasteiger partial charge in [0.2, 0.25) is 0 Å². The van der Waals surface area contributed by atoms with E-state index >= 15 is 0 Å². The lowest BCUT2D eigenvalue weighted by Crippen LogP contribution is -2.00. The van der Waals surface area contributed by atoms with Crippen LogP contribution in [0.25, 0.3) is 264 Å². The van der Waals surface area contributed by atoms with Crippen LogP contribution in [0.3, 0.4) is 0 Å². The number of furan rings is 3. The second-order valence-corrected chi connectivity index (χ2v) is 33.3. The number of aromatic nitrogens is 8. The van der Waals surface area contributed by atoms with Crippen LogP contribution in [-0.2, 0) is 0 Å². The molecule has 12 heteroatoms. The summed E-state index contributed by atoms with van der Waals surface area (Å²) < 4.78 is 27.4. The smallest absolute Gasteiger partial charge is 0.167 e. The van der Waals surface area contributed by atoms with Crippen LogP contribution >= 0.6 is 11.3 Å². The van der Waals surface area contributed by atoms with E-state index in [1.165, 1.54) is 79.6 Å². The highest BCUT2D eigenvalue weighted by molar-refractivity contribution is 7.26. The van der Waals surface area contributed by atoms with Gasteiger partial charge < -0.3 is 22.4 Å². The first-order valence-electron chi connectivity index (χ1n) is 42.3. The minimum atomic E-state index is 0.549. The SMILES string of the molecule is c1ccc(-c2nc(-c3ccc(-c4ccc(-n5c6cc7ccccc7cc6c6cc7ccccc7cc65)c5c4oc4ccccc45)cc3)nc(-c3cccc4c3oc3ccccc34)n2)cc1.c1ccc(-c2nc(-c3ccc(-c4ccc(-n5c6ccccc6c6cc7ccccc7cc65)c5c4oc4ccccc45)cc3)nc(-c3cccc4c3sc3ccccc34)n2)cc1. The molecule has 126 heavy (non-hydrogen) atoms. The van der Waals surface area contributed by atoms with Crippen molar-refractivity contribution in [3.05, 3.63) is 400 Å². The normalized spacial score (nSPS) is 12.0. The third kappa shape index (κ3) is 11.4. The molecule has 0 aliphatic rings. The largest absolute Gasteiger partial charge is 0.455 e. The summed E-state index contributed by atoms with van der Waals surface area (Å²) >= 11 is 1.78. The summed E-state index contributed by atoms with van der Waals surface area (Å²) in [6, 6.07) is 141. The summed E-state index contributed by atoms with van der Waals surface area (Å²) in [6.45, 7) is 0. The minimum Gasteiger partial charge on any atom is -0.455 e. The Morgan fingerprint density at radius 3 is 1.04 bits per heavy atom.